The van der Waals surface area contributed by atoms with E-state index in [-0.39, 0.29) is 11.9 Å². The van der Waals surface area contributed by atoms with E-state index in [1.807, 2.05) is 6.92 Å². The normalized spacial score (nSPS) is 22.4. The molecule has 86 valence electrons. The van der Waals surface area contributed by atoms with Gasteiger partial charge < -0.3 is 4.74 Å². The van der Waals surface area contributed by atoms with Crippen molar-refractivity contribution in [3.8, 4) is 0 Å². The SMILES string of the molecule is C=C(Br)CN1CCCC(C(=O)OCC)C1. The van der Waals surface area contributed by atoms with Gasteiger partial charge in [-0.2, -0.15) is 0 Å². The molecule has 1 fully saturated rings. The van der Waals surface area contributed by atoms with Crippen LogP contribution in [0, 0.1) is 5.92 Å². The van der Waals surface area contributed by atoms with Crippen molar-refractivity contribution < 1.29 is 9.53 Å². The maximum atomic E-state index is 11.5. The van der Waals surface area contributed by atoms with Gasteiger partial charge in [-0.25, -0.2) is 0 Å². The van der Waals surface area contributed by atoms with Gasteiger partial charge in [-0.15, -0.1) is 0 Å². The third-order valence-electron chi connectivity index (χ3n) is 2.52. The monoisotopic (exact) mass is 275 g/mol. The molecule has 4 heteroatoms. The van der Waals surface area contributed by atoms with Crippen molar-refractivity contribution in [1.82, 2.24) is 4.90 Å². The summed E-state index contributed by atoms with van der Waals surface area (Å²) in [5.41, 5.74) is 0. The Morgan fingerprint density at radius 3 is 3.00 bits per heavy atom. The van der Waals surface area contributed by atoms with Crippen LogP contribution in [0.25, 0.3) is 0 Å². The van der Waals surface area contributed by atoms with Crippen LogP contribution < -0.4 is 0 Å². The number of rotatable bonds is 4. The molecule has 1 unspecified atom stereocenters. The van der Waals surface area contributed by atoms with Crippen LogP contribution in [0.4, 0.5) is 0 Å². The van der Waals surface area contributed by atoms with Crippen molar-refractivity contribution >= 4 is 21.9 Å². The summed E-state index contributed by atoms with van der Waals surface area (Å²) in [7, 11) is 0. The molecule has 0 N–H and O–H groups in total. The van der Waals surface area contributed by atoms with Gasteiger partial charge in [0, 0.05) is 17.6 Å². The Labute approximate surface area is 99.6 Å². The molecule has 0 aromatic heterocycles. The number of hydrogen-bond donors (Lipinski definition) is 0. The van der Waals surface area contributed by atoms with Crippen LogP contribution in [-0.2, 0) is 9.53 Å². The summed E-state index contributed by atoms with van der Waals surface area (Å²) in [5.74, 6) is -0.00654. The van der Waals surface area contributed by atoms with Gasteiger partial charge in [-0.05, 0) is 26.3 Å². The van der Waals surface area contributed by atoms with E-state index in [9.17, 15) is 4.79 Å². The third-order valence-corrected chi connectivity index (χ3v) is 2.77. The number of esters is 1. The Hall–Kier alpha value is -0.350. The quantitative estimate of drug-likeness (QED) is 0.737. The van der Waals surface area contributed by atoms with E-state index in [0.29, 0.717) is 6.61 Å². The molecule has 1 atom stereocenters. The number of hydrogen-bond acceptors (Lipinski definition) is 3. The number of carbonyl (C=O) groups excluding carboxylic acids is 1. The molecule has 1 aliphatic heterocycles. The summed E-state index contributed by atoms with van der Waals surface area (Å²) in [6.07, 6.45) is 2.01. The highest BCUT2D eigenvalue weighted by atomic mass is 79.9. The van der Waals surface area contributed by atoms with Crippen molar-refractivity contribution in [1.29, 1.82) is 0 Å². The molecule has 1 heterocycles. The lowest BCUT2D eigenvalue weighted by Crippen LogP contribution is -2.39. The molecule has 0 aromatic carbocycles. The summed E-state index contributed by atoms with van der Waals surface area (Å²) in [6.45, 7) is 8.79. The topological polar surface area (TPSA) is 29.5 Å². The van der Waals surface area contributed by atoms with E-state index in [1.54, 1.807) is 0 Å². The Morgan fingerprint density at radius 2 is 2.40 bits per heavy atom. The minimum Gasteiger partial charge on any atom is -0.466 e. The average molecular weight is 276 g/mol. The van der Waals surface area contributed by atoms with Gasteiger partial charge in [-0.3, -0.25) is 9.69 Å². The number of nitrogens with zero attached hydrogens (tertiary/aromatic N) is 1. The van der Waals surface area contributed by atoms with Gasteiger partial charge in [0.05, 0.1) is 12.5 Å². The smallest absolute Gasteiger partial charge is 0.310 e. The first-order valence-corrected chi connectivity index (χ1v) is 6.15. The fourth-order valence-electron chi connectivity index (χ4n) is 1.89. The average Bonchev–Trinajstić information content (AvgIpc) is 2.17. The second-order valence-corrected chi connectivity index (χ2v) is 4.97. The zero-order chi connectivity index (χ0) is 11.3. The number of ether oxygens (including phenoxy) is 1. The lowest BCUT2D eigenvalue weighted by Gasteiger charge is -2.31. The summed E-state index contributed by atoms with van der Waals surface area (Å²) >= 11 is 3.35. The van der Waals surface area contributed by atoms with Gasteiger partial charge in [0.15, 0.2) is 0 Å². The predicted octanol–water partition coefficient (Wildman–Crippen LogP) is 2.17. The summed E-state index contributed by atoms with van der Waals surface area (Å²) < 4.78 is 6.00. The Morgan fingerprint density at radius 1 is 1.67 bits per heavy atom. The van der Waals surface area contributed by atoms with Crippen molar-refractivity contribution in [3.63, 3.8) is 0 Å². The highest BCUT2D eigenvalue weighted by molar-refractivity contribution is 9.11. The van der Waals surface area contributed by atoms with Gasteiger partial charge in [0.2, 0.25) is 0 Å². The molecule has 1 saturated heterocycles. The number of carbonyl (C=O) groups is 1. The fourth-order valence-corrected chi connectivity index (χ4v) is 2.25. The summed E-state index contributed by atoms with van der Waals surface area (Å²) in [6, 6.07) is 0. The van der Waals surface area contributed by atoms with Crippen molar-refractivity contribution in [2.75, 3.05) is 26.2 Å². The predicted molar refractivity (Wildman–Crippen MR) is 63.9 cm³/mol. The van der Waals surface area contributed by atoms with Crippen LogP contribution in [-0.4, -0.2) is 37.1 Å². The van der Waals surface area contributed by atoms with Crippen molar-refractivity contribution in [2.45, 2.75) is 19.8 Å². The fraction of sp³-hybridized carbons (Fsp3) is 0.727. The zero-order valence-electron chi connectivity index (χ0n) is 9.17. The highest BCUT2D eigenvalue weighted by Crippen LogP contribution is 2.19. The first-order chi connectivity index (χ1) is 7.13. The van der Waals surface area contributed by atoms with E-state index in [0.717, 1.165) is 37.0 Å². The standard InChI is InChI=1S/C11H18BrNO2/c1-3-15-11(14)10-5-4-6-13(8-10)7-9(2)12/h10H,2-8H2,1H3. The van der Waals surface area contributed by atoms with Crippen LogP contribution in [0.3, 0.4) is 0 Å². The van der Waals surface area contributed by atoms with Gasteiger partial charge >= 0.3 is 5.97 Å². The molecule has 0 aromatic rings. The number of likely N-dealkylation sites (tertiary alicyclic amines) is 1. The molecule has 15 heavy (non-hydrogen) atoms. The van der Waals surface area contributed by atoms with E-state index in [4.69, 9.17) is 4.74 Å². The minimum absolute atomic E-state index is 0.0468. The number of piperidine rings is 1. The Balaban J connectivity index is 2.41. The highest BCUT2D eigenvalue weighted by Gasteiger charge is 2.26. The molecule has 3 nitrogen and oxygen atoms in total. The van der Waals surface area contributed by atoms with Gasteiger partial charge in [0.25, 0.3) is 0 Å². The molecule has 0 radical (unpaired) electrons. The third kappa shape index (κ3) is 4.34. The van der Waals surface area contributed by atoms with Gasteiger partial charge in [-0.1, -0.05) is 22.5 Å². The van der Waals surface area contributed by atoms with Crippen molar-refractivity contribution in [2.24, 2.45) is 5.92 Å². The Bertz CT molecular complexity index is 243. The lowest BCUT2D eigenvalue weighted by molar-refractivity contribution is -0.149. The first kappa shape index (κ1) is 12.7. The molecule has 0 bridgehead atoms. The molecule has 0 saturated carbocycles. The largest absolute Gasteiger partial charge is 0.466 e. The lowest BCUT2D eigenvalue weighted by atomic mass is 9.98. The molecular weight excluding hydrogens is 258 g/mol. The first-order valence-electron chi connectivity index (χ1n) is 5.35. The van der Waals surface area contributed by atoms with E-state index < -0.39 is 0 Å². The van der Waals surface area contributed by atoms with Crippen LogP contribution >= 0.6 is 15.9 Å². The molecular formula is C11H18BrNO2. The van der Waals surface area contributed by atoms with E-state index in [1.165, 1.54) is 0 Å². The molecule has 1 rings (SSSR count). The van der Waals surface area contributed by atoms with Gasteiger partial charge in [0.1, 0.15) is 0 Å². The summed E-state index contributed by atoms with van der Waals surface area (Å²) in [5, 5.41) is 0. The Kier molecular flexibility index (Phi) is 5.32. The second-order valence-electron chi connectivity index (χ2n) is 3.84. The summed E-state index contributed by atoms with van der Waals surface area (Å²) in [4.78, 5) is 13.8. The van der Waals surface area contributed by atoms with E-state index >= 15 is 0 Å². The maximum Gasteiger partial charge on any atom is 0.310 e. The second kappa shape index (κ2) is 6.28. The maximum absolute atomic E-state index is 11.5. The molecule has 0 amide bonds. The van der Waals surface area contributed by atoms with Crippen LogP contribution in [0.15, 0.2) is 11.1 Å². The zero-order valence-corrected chi connectivity index (χ0v) is 10.8. The molecule has 0 aliphatic carbocycles. The van der Waals surface area contributed by atoms with E-state index in [2.05, 4.69) is 27.4 Å². The number of halogens is 1. The van der Waals surface area contributed by atoms with Crippen LogP contribution in [0.2, 0.25) is 0 Å². The van der Waals surface area contributed by atoms with Crippen LogP contribution in [0.5, 0.6) is 0 Å². The van der Waals surface area contributed by atoms with Crippen molar-refractivity contribution in [3.05, 3.63) is 11.1 Å². The minimum atomic E-state index is -0.0533. The molecule has 1 aliphatic rings. The van der Waals surface area contributed by atoms with Crippen LogP contribution in [0.1, 0.15) is 19.8 Å². The molecule has 0 spiro atoms.